The first-order chi connectivity index (χ1) is 9.65. The smallest absolute Gasteiger partial charge is 0.155 e. The summed E-state index contributed by atoms with van der Waals surface area (Å²) in [5.41, 5.74) is 5.60. The zero-order valence-electron chi connectivity index (χ0n) is 11.9. The van der Waals surface area contributed by atoms with Gasteiger partial charge in [0.05, 0.1) is 24.6 Å². The number of hydrazine groups is 1. The highest BCUT2D eigenvalue weighted by atomic mass is 79.9. The van der Waals surface area contributed by atoms with Crippen LogP contribution in [0.2, 0.25) is 0 Å². The van der Waals surface area contributed by atoms with Gasteiger partial charge in [-0.25, -0.2) is 20.4 Å². The fraction of sp³-hybridized carbons (Fsp3) is 0.571. The van der Waals surface area contributed by atoms with E-state index in [2.05, 4.69) is 54.6 Å². The number of hydrogen-bond acceptors (Lipinski definition) is 4. The molecule has 0 saturated carbocycles. The van der Waals surface area contributed by atoms with E-state index in [-0.39, 0.29) is 0 Å². The van der Waals surface area contributed by atoms with Crippen LogP contribution in [-0.2, 0) is 6.54 Å². The molecule has 6 heteroatoms. The summed E-state index contributed by atoms with van der Waals surface area (Å²) in [5.74, 6) is 0. The van der Waals surface area contributed by atoms with Crippen molar-refractivity contribution in [2.75, 3.05) is 0 Å². The Morgan fingerprint density at radius 3 is 2.75 bits per heavy atom. The van der Waals surface area contributed by atoms with Gasteiger partial charge in [0.2, 0.25) is 0 Å². The summed E-state index contributed by atoms with van der Waals surface area (Å²) >= 11 is 3.41. The van der Waals surface area contributed by atoms with Crippen molar-refractivity contribution in [2.24, 2.45) is 0 Å². The minimum absolute atomic E-state index is 0.589. The van der Waals surface area contributed by atoms with Gasteiger partial charge in [-0.05, 0) is 42.6 Å². The van der Waals surface area contributed by atoms with Crippen molar-refractivity contribution < 1.29 is 0 Å². The van der Waals surface area contributed by atoms with Gasteiger partial charge in [0, 0.05) is 18.3 Å². The van der Waals surface area contributed by atoms with Gasteiger partial charge in [0.15, 0.2) is 5.65 Å². The van der Waals surface area contributed by atoms with Crippen LogP contribution in [0, 0.1) is 0 Å². The Morgan fingerprint density at radius 2 is 2.00 bits per heavy atom. The molecule has 0 bridgehead atoms. The van der Waals surface area contributed by atoms with E-state index in [0.29, 0.717) is 12.1 Å². The first kappa shape index (κ1) is 14.0. The van der Waals surface area contributed by atoms with Crippen LogP contribution in [0.4, 0.5) is 0 Å². The highest BCUT2D eigenvalue weighted by Gasteiger charge is 2.24. The van der Waals surface area contributed by atoms with E-state index in [1.165, 1.54) is 19.3 Å². The van der Waals surface area contributed by atoms with Crippen LogP contribution in [-0.4, -0.2) is 31.5 Å². The average molecular weight is 338 g/mol. The van der Waals surface area contributed by atoms with Gasteiger partial charge < -0.3 is 0 Å². The molecule has 108 valence electrons. The molecule has 1 N–H and O–H groups in total. The molecule has 2 aromatic rings. The highest BCUT2D eigenvalue weighted by molar-refractivity contribution is 9.10. The lowest BCUT2D eigenvalue weighted by Gasteiger charge is -2.39. The molecule has 0 aromatic carbocycles. The van der Waals surface area contributed by atoms with E-state index in [0.717, 1.165) is 22.5 Å². The van der Waals surface area contributed by atoms with Crippen LogP contribution in [0.5, 0.6) is 0 Å². The molecule has 1 aliphatic heterocycles. The second-order valence-corrected chi connectivity index (χ2v) is 6.37. The average Bonchev–Trinajstić information content (AvgIpc) is 2.81. The Hall–Kier alpha value is -0.980. The molecule has 0 aliphatic carbocycles. The van der Waals surface area contributed by atoms with Gasteiger partial charge in [-0.15, -0.1) is 0 Å². The van der Waals surface area contributed by atoms with Crippen molar-refractivity contribution in [3.05, 3.63) is 28.9 Å². The van der Waals surface area contributed by atoms with Gasteiger partial charge in [-0.3, -0.25) is 4.40 Å². The summed E-state index contributed by atoms with van der Waals surface area (Å²) in [4.78, 5) is 8.58. The fourth-order valence-corrected chi connectivity index (χ4v) is 3.26. The Labute approximate surface area is 127 Å². The van der Waals surface area contributed by atoms with Crippen LogP contribution >= 0.6 is 15.9 Å². The Kier molecular flexibility index (Phi) is 4.05. The minimum Gasteiger partial charge on any atom is -0.299 e. The third-order valence-corrected chi connectivity index (χ3v) is 4.49. The van der Waals surface area contributed by atoms with E-state index < -0.39 is 0 Å². The Morgan fingerprint density at radius 1 is 1.25 bits per heavy atom. The van der Waals surface area contributed by atoms with Gasteiger partial charge >= 0.3 is 0 Å². The lowest BCUT2D eigenvalue weighted by molar-refractivity contribution is 0.0430. The molecule has 3 heterocycles. The second-order valence-electron chi connectivity index (χ2n) is 5.56. The maximum Gasteiger partial charge on any atom is 0.155 e. The molecule has 3 rings (SSSR count). The third-order valence-electron chi connectivity index (χ3n) is 4.08. The number of rotatable bonds is 3. The topological polar surface area (TPSA) is 45.5 Å². The molecule has 1 saturated heterocycles. The van der Waals surface area contributed by atoms with Crippen molar-refractivity contribution in [1.82, 2.24) is 24.8 Å². The number of fused-ring (bicyclic) bond motifs is 1. The van der Waals surface area contributed by atoms with Crippen LogP contribution in [0.1, 0.15) is 38.8 Å². The van der Waals surface area contributed by atoms with E-state index >= 15 is 0 Å². The summed E-state index contributed by atoms with van der Waals surface area (Å²) < 4.78 is 2.90. The molecule has 0 amide bonds. The number of piperidine rings is 1. The van der Waals surface area contributed by atoms with E-state index in [1.54, 1.807) is 6.20 Å². The number of imidazole rings is 1. The first-order valence-electron chi connectivity index (χ1n) is 7.14. The zero-order chi connectivity index (χ0) is 14.1. The van der Waals surface area contributed by atoms with Crippen molar-refractivity contribution in [1.29, 1.82) is 0 Å². The van der Waals surface area contributed by atoms with Gasteiger partial charge in [-0.1, -0.05) is 6.42 Å². The summed E-state index contributed by atoms with van der Waals surface area (Å²) in [5, 5.41) is 2.39. The maximum absolute atomic E-state index is 4.38. The molecule has 2 unspecified atom stereocenters. The van der Waals surface area contributed by atoms with E-state index in [4.69, 9.17) is 0 Å². The highest BCUT2D eigenvalue weighted by Crippen LogP contribution is 2.20. The predicted octanol–water partition coefficient (Wildman–Crippen LogP) is 2.76. The summed E-state index contributed by atoms with van der Waals surface area (Å²) in [6.45, 7) is 5.36. The van der Waals surface area contributed by atoms with E-state index in [1.807, 2.05) is 12.4 Å². The van der Waals surface area contributed by atoms with Crippen LogP contribution in [0.3, 0.4) is 0 Å². The molecule has 2 atom stereocenters. The lowest BCUT2D eigenvalue weighted by atomic mass is 10.00. The number of nitrogens with zero attached hydrogens (tertiary/aromatic N) is 4. The van der Waals surface area contributed by atoms with Gasteiger partial charge in [-0.2, -0.15) is 0 Å². The van der Waals surface area contributed by atoms with E-state index in [9.17, 15) is 0 Å². The van der Waals surface area contributed by atoms with Gasteiger partial charge in [0.25, 0.3) is 0 Å². The molecular formula is C14H20BrN5. The Balaban J connectivity index is 1.75. The summed E-state index contributed by atoms with van der Waals surface area (Å²) in [6, 6.07) is 1.18. The number of halogens is 1. The first-order valence-corrected chi connectivity index (χ1v) is 7.94. The third kappa shape index (κ3) is 2.73. The standard InChI is InChI=1S/C14H20BrN5/c1-10-4-3-5-11(2)20(10)18-7-12-6-17-14-8-16-13(15)9-19(12)14/h6,8-11,18H,3-5,7H2,1-2H3. The monoisotopic (exact) mass is 337 g/mol. The van der Waals surface area contributed by atoms with Gasteiger partial charge in [0.1, 0.15) is 4.60 Å². The largest absolute Gasteiger partial charge is 0.299 e. The summed E-state index contributed by atoms with van der Waals surface area (Å²) in [6.07, 6.45) is 9.51. The molecule has 1 fully saturated rings. The summed E-state index contributed by atoms with van der Waals surface area (Å²) in [7, 11) is 0. The number of aromatic nitrogens is 3. The quantitative estimate of drug-likeness (QED) is 0.935. The van der Waals surface area contributed by atoms with Crippen molar-refractivity contribution >= 4 is 21.6 Å². The van der Waals surface area contributed by atoms with Crippen LogP contribution in [0.25, 0.3) is 5.65 Å². The molecule has 0 radical (unpaired) electrons. The number of hydrogen-bond donors (Lipinski definition) is 1. The molecule has 1 aliphatic rings. The minimum atomic E-state index is 0.589. The molecule has 5 nitrogen and oxygen atoms in total. The lowest BCUT2D eigenvalue weighted by Crippen LogP contribution is -2.51. The zero-order valence-corrected chi connectivity index (χ0v) is 13.5. The van der Waals surface area contributed by atoms with Crippen molar-refractivity contribution in [2.45, 2.75) is 51.7 Å². The second kappa shape index (κ2) is 5.79. The molecular weight excluding hydrogens is 318 g/mol. The molecule has 2 aromatic heterocycles. The normalized spacial score (nSPS) is 24.4. The molecule has 0 spiro atoms. The fourth-order valence-electron chi connectivity index (χ4n) is 2.95. The van der Waals surface area contributed by atoms with Crippen molar-refractivity contribution in [3.8, 4) is 0 Å². The van der Waals surface area contributed by atoms with Crippen LogP contribution < -0.4 is 5.43 Å². The van der Waals surface area contributed by atoms with Crippen molar-refractivity contribution in [3.63, 3.8) is 0 Å². The Bertz CT molecular complexity index is 586. The van der Waals surface area contributed by atoms with Crippen LogP contribution in [0.15, 0.2) is 23.2 Å². The molecule has 20 heavy (non-hydrogen) atoms. The predicted molar refractivity (Wildman–Crippen MR) is 82.1 cm³/mol. The SMILES string of the molecule is CC1CCCC(C)N1NCc1cnc2cnc(Br)cn12. The maximum atomic E-state index is 4.38. The number of nitrogens with one attached hydrogen (secondary N) is 1.